The summed E-state index contributed by atoms with van der Waals surface area (Å²) in [6.45, 7) is 0. The molecule has 0 aliphatic heterocycles. The van der Waals surface area contributed by atoms with Gasteiger partial charge in [0.1, 0.15) is 5.75 Å². The average molecular weight is 349 g/mol. The second-order valence-corrected chi connectivity index (χ2v) is 6.83. The summed E-state index contributed by atoms with van der Waals surface area (Å²) in [7, 11) is 1.61. The molecule has 5 heteroatoms. The lowest BCUT2D eigenvalue weighted by atomic mass is 9.96. The van der Waals surface area contributed by atoms with Crippen molar-refractivity contribution in [2.24, 2.45) is 0 Å². The second-order valence-electron chi connectivity index (χ2n) is 6.83. The van der Waals surface area contributed by atoms with Crippen molar-refractivity contribution in [2.45, 2.75) is 38.1 Å². The number of ether oxygens (including phenoxy) is 1. The molecular weight excluding hydrogens is 326 g/mol. The Morgan fingerprint density at radius 1 is 1.15 bits per heavy atom. The van der Waals surface area contributed by atoms with Crippen molar-refractivity contribution in [1.82, 2.24) is 9.78 Å². The van der Waals surface area contributed by atoms with Crippen LogP contribution in [0.25, 0.3) is 10.9 Å². The van der Waals surface area contributed by atoms with Crippen LogP contribution in [0.1, 0.15) is 48.5 Å². The van der Waals surface area contributed by atoms with E-state index in [0.29, 0.717) is 23.0 Å². The maximum Gasteiger partial charge on any atom is 0.255 e. The summed E-state index contributed by atoms with van der Waals surface area (Å²) in [5, 5.41) is 8.72. The van der Waals surface area contributed by atoms with E-state index in [9.17, 15) is 4.79 Å². The molecule has 0 bridgehead atoms. The highest BCUT2D eigenvalue weighted by Gasteiger charge is 2.18. The molecule has 0 spiro atoms. The number of nitrogens with one attached hydrogen (secondary N) is 1. The van der Waals surface area contributed by atoms with Gasteiger partial charge in [-0.25, -0.2) is 0 Å². The Labute approximate surface area is 153 Å². The van der Waals surface area contributed by atoms with Gasteiger partial charge in [0, 0.05) is 23.2 Å². The van der Waals surface area contributed by atoms with E-state index in [4.69, 9.17) is 9.84 Å². The highest BCUT2D eigenvalue weighted by Crippen LogP contribution is 2.33. The summed E-state index contributed by atoms with van der Waals surface area (Å²) in [5.41, 5.74) is 2.18. The molecule has 0 saturated heterocycles. The lowest BCUT2D eigenvalue weighted by Crippen LogP contribution is -2.12. The average Bonchev–Trinajstić information content (AvgIpc) is 3.11. The van der Waals surface area contributed by atoms with Crippen LogP contribution in [-0.2, 0) is 0 Å². The molecule has 4 rings (SSSR count). The van der Waals surface area contributed by atoms with Crippen LogP contribution in [0.2, 0.25) is 0 Å². The first kappa shape index (κ1) is 16.6. The van der Waals surface area contributed by atoms with Crippen LogP contribution in [0, 0.1) is 0 Å². The number of aromatic nitrogens is 2. The molecule has 1 aromatic heterocycles. The third-order valence-electron chi connectivity index (χ3n) is 5.08. The normalized spacial score (nSPS) is 15.1. The highest BCUT2D eigenvalue weighted by molar-refractivity contribution is 6.06. The van der Waals surface area contributed by atoms with Gasteiger partial charge in [0.15, 0.2) is 0 Å². The van der Waals surface area contributed by atoms with Crippen LogP contribution >= 0.6 is 0 Å². The molecule has 0 unspecified atom stereocenters. The third-order valence-corrected chi connectivity index (χ3v) is 5.08. The number of carbonyl (C=O) groups excluding carboxylic acids is 1. The lowest BCUT2D eigenvalue weighted by Gasteiger charge is -2.21. The molecule has 1 fully saturated rings. The Morgan fingerprint density at radius 2 is 1.92 bits per heavy atom. The summed E-state index contributed by atoms with van der Waals surface area (Å²) in [6.07, 6.45) is 8.31. The summed E-state index contributed by atoms with van der Waals surface area (Å²) < 4.78 is 7.57. The molecular formula is C21H23N3O2. The van der Waals surface area contributed by atoms with Gasteiger partial charge in [-0.15, -0.1) is 0 Å². The quantitative estimate of drug-likeness (QED) is 0.736. The van der Waals surface area contributed by atoms with Crippen molar-refractivity contribution in [3.05, 3.63) is 54.2 Å². The third kappa shape index (κ3) is 3.29. The first-order valence-electron chi connectivity index (χ1n) is 9.18. The molecule has 1 aliphatic carbocycles. The number of fused-ring (bicyclic) bond motifs is 1. The predicted octanol–water partition coefficient (Wildman–Crippen LogP) is 4.80. The number of hydrogen-bond acceptors (Lipinski definition) is 3. The predicted molar refractivity (Wildman–Crippen MR) is 103 cm³/mol. The number of methoxy groups -OCH3 is 1. The van der Waals surface area contributed by atoms with E-state index in [0.717, 1.165) is 10.9 Å². The molecule has 2 aromatic carbocycles. The molecule has 1 N–H and O–H groups in total. The number of rotatable bonds is 4. The van der Waals surface area contributed by atoms with Crippen LogP contribution in [0.3, 0.4) is 0 Å². The minimum Gasteiger partial charge on any atom is -0.494 e. The summed E-state index contributed by atoms with van der Waals surface area (Å²) >= 11 is 0. The molecule has 1 heterocycles. The molecule has 0 atom stereocenters. The van der Waals surface area contributed by atoms with Gasteiger partial charge in [-0.05, 0) is 31.0 Å². The standard InChI is InChI=1S/C21H23N3O2/c1-26-20-13-18-16(14-24(23-18)17-10-6-3-7-11-17)12-19(20)22-21(25)15-8-4-2-5-9-15/h2,4-5,8-9,12-14,17H,3,6-7,10-11H2,1H3,(H,22,25). The van der Waals surface area contributed by atoms with Gasteiger partial charge >= 0.3 is 0 Å². The largest absolute Gasteiger partial charge is 0.494 e. The van der Waals surface area contributed by atoms with Gasteiger partial charge in [0.2, 0.25) is 0 Å². The smallest absolute Gasteiger partial charge is 0.255 e. The van der Waals surface area contributed by atoms with Crippen molar-refractivity contribution in [1.29, 1.82) is 0 Å². The van der Waals surface area contributed by atoms with Crippen molar-refractivity contribution in [3.8, 4) is 5.75 Å². The van der Waals surface area contributed by atoms with E-state index in [2.05, 4.69) is 16.2 Å². The van der Waals surface area contributed by atoms with Gasteiger partial charge in [-0.1, -0.05) is 37.5 Å². The van der Waals surface area contributed by atoms with Gasteiger partial charge in [0.25, 0.3) is 5.91 Å². The molecule has 1 saturated carbocycles. The zero-order valence-corrected chi connectivity index (χ0v) is 14.9. The zero-order chi connectivity index (χ0) is 17.9. The van der Waals surface area contributed by atoms with Gasteiger partial charge in [0.05, 0.1) is 24.4 Å². The van der Waals surface area contributed by atoms with E-state index in [1.54, 1.807) is 19.2 Å². The van der Waals surface area contributed by atoms with Gasteiger partial charge in [-0.2, -0.15) is 5.10 Å². The molecule has 0 radical (unpaired) electrons. The lowest BCUT2D eigenvalue weighted by molar-refractivity contribution is 0.102. The summed E-state index contributed by atoms with van der Waals surface area (Å²) in [4.78, 5) is 12.5. The van der Waals surface area contributed by atoms with E-state index in [-0.39, 0.29) is 5.91 Å². The van der Waals surface area contributed by atoms with Crippen LogP contribution < -0.4 is 10.1 Å². The van der Waals surface area contributed by atoms with E-state index in [1.165, 1.54) is 32.1 Å². The number of nitrogens with zero attached hydrogens (tertiary/aromatic N) is 2. The number of anilines is 1. The Balaban J connectivity index is 1.64. The molecule has 5 nitrogen and oxygen atoms in total. The van der Waals surface area contributed by atoms with Crippen LogP contribution in [0.15, 0.2) is 48.7 Å². The molecule has 134 valence electrons. The number of benzene rings is 2. The van der Waals surface area contributed by atoms with Crippen molar-refractivity contribution < 1.29 is 9.53 Å². The van der Waals surface area contributed by atoms with Gasteiger partial charge in [-0.3, -0.25) is 9.48 Å². The van der Waals surface area contributed by atoms with Crippen LogP contribution in [0.4, 0.5) is 5.69 Å². The number of hydrogen-bond donors (Lipinski definition) is 1. The van der Waals surface area contributed by atoms with Crippen molar-refractivity contribution >= 4 is 22.5 Å². The molecule has 3 aromatic rings. The fraction of sp³-hybridized carbons (Fsp3) is 0.333. The van der Waals surface area contributed by atoms with Crippen LogP contribution in [0.5, 0.6) is 5.75 Å². The topological polar surface area (TPSA) is 56.1 Å². The van der Waals surface area contributed by atoms with Crippen molar-refractivity contribution in [3.63, 3.8) is 0 Å². The minimum atomic E-state index is -0.150. The molecule has 1 aliphatic rings. The van der Waals surface area contributed by atoms with E-state index >= 15 is 0 Å². The second kappa shape index (κ2) is 7.20. The fourth-order valence-corrected chi connectivity index (χ4v) is 3.65. The van der Waals surface area contributed by atoms with Crippen LogP contribution in [-0.4, -0.2) is 22.8 Å². The molecule has 1 amide bonds. The maximum atomic E-state index is 12.5. The summed E-state index contributed by atoms with van der Waals surface area (Å²) in [5.74, 6) is 0.471. The Hall–Kier alpha value is -2.82. The van der Waals surface area contributed by atoms with E-state index in [1.807, 2.05) is 30.3 Å². The van der Waals surface area contributed by atoms with Crippen molar-refractivity contribution in [2.75, 3.05) is 12.4 Å². The zero-order valence-electron chi connectivity index (χ0n) is 14.9. The Bertz CT molecular complexity index is 912. The Morgan fingerprint density at radius 3 is 2.65 bits per heavy atom. The monoisotopic (exact) mass is 349 g/mol. The first-order chi connectivity index (χ1) is 12.7. The minimum absolute atomic E-state index is 0.150. The fourth-order valence-electron chi connectivity index (χ4n) is 3.65. The number of carbonyl (C=O) groups is 1. The maximum absolute atomic E-state index is 12.5. The van der Waals surface area contributed by atoms with Gasteiger partial charge < -0.3 is 10.1 Å². The van der Waals surface area contributed by atoms with E-state index < -0.39 is 0 Å². The number of amides is 1. The first-order valence-corrected chi connectivity index (χ1v) is 9.18. The summed E-state index contributed by atoms with van der Waals surface area (Å²) in [6, 6.07) is 13.5. The molecule has 26 heavy (non-hydrogen) atoms. The highest BCUT2D eigenvalue weighted by atomic mass is 16.5. The Kier molecular flexibility index (Phi) is 4.61. The SMILES string of the molecule is COc1cc2nn(C3CCCCC3)cc2cc1NC(=O)c1ccccc1.